The third-order valence-electron chi connectivity index (χ3n) is 3.29. The number of epoxide rings is 1. The van der Waals surface area contributed by atoms with E-state index in [9.17, 15) is 0 Å². The maximum Gasteiger partial charge on any atom is 0.142 e. The molecule has 0 N–H and O–H groups in total. The van der Waals surface area contributed by atoms with Crippen LogP contribution in [0.5, 0.6) is 5.75 Å². The van der Waals surface area contributed by atoms with Crippen molar-refractivity contribution in [1.29, 1.82) is 0 Å². The van der Waals surface area contributed by atoms with Crippen LogP contribution in [0, 0.1) is 6.92 Å². The first kappa shape index (κ1) is 11.8. The molecule has 2 fully saturated rings. The normalized spacial score (nSPS) is 22.9. The van der Waals surface area contributed by atoms with Crippen LogP contribution in [0.3, 0.4) is 0 Å². The molecule has 98 valence electrons. The van der Waals surface area contributed by atoms with Crippen LogP contribution in [-0.2, 0) is 9.47 Å². The van der Waals surface area contributed by atoms with E-state index >= 15 is 0 Å². The predicted molar refractivity (Wildman–Crippen MR) is 69.4 cm³/mol. The van der Waals surface area contributed by atoms with Gasteiger partial charge in [0.1, 0.15) is 18.5 Å². The predicted octanol–water partition coefficient (Wildman–Crippen LogP) is 1.61. The smallest absolute Gasteiger partial charge is 0.142 e. The van der Waals surface area contributed by atoms with E-state index in [-0.39, 0.29) is 0 Å². The van der Waals surface area contributed by atoms with Crippen LogP contribution in [-0.4, -0.2) is 45.6 Å². The van der Waals surface area contributed by atoms with Gasteiger partial charge in [-0.05, 0) is 24.6 Å². The highest BCUT2D eigenvalue weighted by atomic mass is 16.6. The molecule has 4 heteroatoms. The zero-order valence-corrected chi connectivity index (χ0v) is 10.7. The summed E-state index contributed by atoms with van der Waals surface area (Å²) in [5.41, 5.74) is 2.44. The maximum atomic E-state index is 5.86. The van der Waals surface area contributed by atoms with Crippen molar-refractivity contribution < 1.29 is 14.2 Å². The Bertz CT molecular complexity index is 412. The van der Waals surface area contributed by atoms with Gasteiger partial charge in [-0.15, -0.1) is 0 Å². The summed E-state index contributed by atoms with van der Waals surface area (Å²) >= 11 is 0. The van der Waals surface area contributed by atoms with Crippen LogP contribution in [0.1, 0.15) is 5.56 Å². The summed E-state index contributed by atoms with van der Waals surface area (Å²) in [4.78, 5) is 2.33. The number of ether oxygens (including phenoxy) is 3. The highest BCUT2D eigenvalue weighted by Gasteiger charge is 2.24. The van der Waals surface area contributed by atoms with Crippen LogP contribution in [0.4, 0.5) is 5.69 Å². The van der Waals surface area contributed by atoms with Gasteiger partial charge in [-0.1, -0.05) is 6.07 Å². The summed E-state index contributed by atoms with van der Waals surface area (Å²) < 4.78 is 16.4. The average Bonchev–Trinajstić information content (AvgIpc) is 3.22. The van der Waals surface area contributed by atoms with Crippen LogP contribution >= 0.6 is 0 Å². The SMILES string of the molecule is Cc1ccc(OC[C@@H]2CO2)c(N2CCOCC2)c1. The minimum Gasteiger partial charge on any atom is -0.489 e. The second kappa shape index (κ2) is 5.16. The first-order valence-corrected chi connectivity index (χ1v) is 6.51. The lowest BCUT2D eigenvalue weighted by atomic mass is 10.2. The Kier molecular flexibility index (Phi) is 3.39. The van der Waals surface area contributed by atoms with E-state index in [0.29, 0.717) is 12.7 Å². The Morgan fingerprint density at radius 3 is 2.83 bits per heavy atom. The molecule has 1 atom stereocenters. The van der Waals surface area contributed by atoms with Crippen molar-refractivity contribution in [3.63, 3.8) is 0 Å². The van der Waals surface area contributed by atoms with Crippen LogP contribution < -0.4 is 9.64 Å². The average molecular weight is 249 g/mol. The molecule has 0 aromatic heterocycles. The van der Waals surface area contributed by atoms with Crippen molar-refractivity contribution in [1.82, 2.24) is 0 Å². The molecule has 0 radical (unpaired) electrons. The molecule has 0 aliphatic carbocycles. The number of benzene rings is 1. The van der Waals surface area contributed by atoms with Crippen molar-refractivity contribution in [3.05, 3.63) is 23.8 Å². The second-order valence-corrected chi connectivity index (χ2v) is 4.84. The van der Waals surface area contributed by atoms with Gasteiger partial charge >= 0.3 is 0 Å². The van der Waals surface area contributed by atoms with E-state index < -0.39 is 0 Å². The van der Waals surface area contributed by atoms with E-state index in [1.807, 2.05) is 0 Å². The van der Waals surface area contributed by atoms with Crippen LogP contribution in [0.15, 0.2) is 18.2 Å². The summed E-state index contributed by atoms with van der Waals surface area (Å²) in [6.07, 6.45) is 0.295. The number of nitrogens with zero attached hydrogens (tertiary/aromatic N) is 1. The molecule has 1 aromatic carbocycles. The second-order valence-electron chi connectivity index (χ2n) is 4.84. The fraction of sp³-hybridized carbons (Fsp3) is 0.571. The number of anilines is 1. The minimum atomic E-state index is 0.295. The Morgan fingerprint density at radius 2 is 2.11 bits per heavy atom. The molecule has 4 nitrogen and oxygen atoms in total. The molecule has 2 heterocycles. The fourth-order valence-corrected chi connectivity index (χ4v) is 2.15. The molecule has 1 aromatic rings. The van der Waals surface area contributed by atoms with E-state index in [4.69, 9.17) is 14.2 Å². The van der Waals surface area contributed by atoms with Crippen LogP contribution in [0.2, 0.25) is 0 Å². The highest BCUT2D eigenvalue weighted by molar-refractivity contribution is 5.60. The molecule has 18 heavy (non-hydrogen) atoms. The standard InChI is InChI=1S/C14H19NO3/c1-11-2-3-14(18-10-12-9-17-12)13(8-11)15-4-6-16-7-5-15/h2-3,8,12H,4-7,9-10H2,1H3/t12-/m0/s1. The van der Waals surface area contributed by atoms with E-state index in [1.54, 1.807) is 0 Å². The Labute approximate surface area is 107 Å². The highest BCUT2D eigenvalue weighted by Crippen LogP contribution is 2.30. The maximum absolute atomic E-state index is 5.86. The lowest BCUT2D eigenvalue weighted by Crippen LogP contribution is -2.36. The molecule has 3 rings (SSSR count). The van der Waals surface area contributed by atoms with Crippen molar-refractivity contribution in [3.8, 4) is 5.75 Å². The zero-order valence-electron chi connectivity index (χ0n) is 10.7. The lowest BCUT2D eigenvalue weighted by molar-refractivity contribution is 0.122. The molecular formula is C14H19NO3. The van der Waals surface area contributed by atoms with Gasteiger partial charge in [-0.3, -0.25) is 0 Å². The van der Waals surface area contributed by atoms with E-state index in [2.05, 4.69) is 30.0 Å². The summed E-state index contributed by atoms with van der Waals surface area (Å²) in [7, 11) is 0. The lowest BCUT2D eigenvalue weighted by Gasteiger charge is -2.30. The number of hydrogen-bond donors (Lipinski definition) is 0. The van der Waals surface area contributed by atoms with Gasteiger partial charge in [0.2, 0.25) is 0 Å². The topological polar surface area (TPSA) is 34.2 Å². The van der Waals surface area contributed by atoms with E-state index in [0.717, 1.165) is 38.7 Å². The monoisotopic (exact) mass is 249 g/mol. The van der Waals surface area contributed by atoms with Crippen molar-refractivity contribution in [2.24, 2.45) is 0 Å². The summed E-state index contributed by atoms with van der Waals surface area (Å²) in [6, 6.07) is 6.34. The Morgan fingerprint density at radius 1 is 1.33 bits per heavy atom. The van der Waals surface area contributed by atoms with Gasteiger partial charge in [-0.25, -0.2) is 0 Å². The molecule has 0 spiro atoms. The van der Waals surface area contributed by atoms with Gasteiger partial charge in [0.25, 0.3) is 0 Å². The first-order valence-electron chi connectivity index (χ1n) is 6.51. The number of aryl methyl sites for hydroxylation is 1. The molecule has 0 bridgehead atoms. The van der Waals surface area contributed by atoms with Gasteiger partial charge < -0.3 is 19.1 Å². The molecule has 0 saturated carbocycles. The summed E-state index contributed by atoms with van der Waals surface area (Å²) in [5, 5.41) is 0. The third kappa shape index (κ3) is 2.76. The zero-order chi connectivity index (χ0) is 12.4. The van der Waals surface area contributed by atoms with Gasteiger partial charge in [0.15, 0.2) is 0 Å². The minimum absolute atomic E-state index is 0.295. The van der Waals surface area contributed by atoms with Gasteiger partial charge in [-0.2, -0.15) is 0 Å². The molecule has 2 aliphatic heterocycles. The molecular weight excluding hydrogens is 230 g/mol. The third-order valence-corrected chi connectivity index (χ3v) is 3.29. The number of hydrogen-bond acceptors (Lipinski definition) is 4. The van der Waals surface area contributed by atoms with Crippen LogP contribution in [0.25, 0.3) is 0 Å². The molecule has 2 aliphatic rings. The Hall–Kier alpha value is -1.26. The molecule has 0 amide bonds. The first-order chi connectivity index (χ1) is 8.83. The molecule has 2 saturated heterocycles. The Balaban J connectivity index is 1.77. The largest absolute Gasteiger partial charge is 0.489 e. The summed E-state index contributed by atoms with van der Waals surface area (Å²) in [6.45, 7) is 7.04. The van der Waals surface area contributed by atoms with Gasteiger partial charge in [0.05, 0.1) is 25.5 Å². The van der Waals surface area contributed by atoms with Crippen molar-refractivity contribution in [2.45, 2.75) is 13.0 Å². The molecule has 0 unspecified atom stereocenters. The van der Waals surface area contributed by atoms with E-state index in [1.165, 1.54) is 11.3 Å². The number of morpholine rings is 1. The number of rotatable bonds is 4. The quantitative estimate of drug-likeness (QED) is 0.759. The fourth-order valence-electron chi connectivity index (χ4n) is 2.15. The van der Waals surface area contributed by atoms with Crippen molar-refractivity contribution >= 4 is 5.69 Å². The van der Waals surface area contributed by atoms with Gasteiger partial charge in [0, 0.05) is 13.1 Å². The summed E-state index contributed by atoms with van der Waals surface area (Å²) in [5.74, 6) is 0.956. The van der Waals surface area contributed by atoms with Crippen molar-refractivity contribution in [2.75, 3.05) is 44.4 Å².